The van der Waals surface area contributed by atoms with Crippen molar-refractivity contribution < 1.29 is 9.59 Å². The van der Waals surface area contributed by atoms with Gasteiger partial charge in [0.1, 0.15) is 6.04 Å². The number of rotatable bonds is 3. The molecule has 132 valence electrons. The number of nitrogens with zero attached hydrogens (tertiary/aromatic N) is 2. The van der Waals surface area contributed by atoms with E-state index < -0.39 is 6.04 Å². The van der Waals surface area contributed by atoms with Crippen molar-refractivity contribution in [3.05, 3.63) is 46.2 Å². The van der Waals surface area contributed by atoms with E-state index in [4.69, 9.17) is 11.6 Å². The molecule has 3 rings (SSSR count). The van der Waals surface area contributed by atoms with E-state index in [-0.39, 0.29) is 11.8 Å². The van der Waals surface area contributed by atoms with Gasteiger partial charge >= 0.3 is 0 Å². The van der Waals surface area contributed by atoms with Gasteiger partial charge in [0, 0.05) is 12.1 Å². The number of aryl methyl sites for hydroxylation is 1. The Morgan fingerprint density at radius 2 is 2.00 bits per heavy atom. The van der Waals surface area contributed by atoms with Crippen molar-refractivity contribution in [3.8, 4) is 5.69 Å². The first kappa shape index (κ1) is 17.5. The molecular formula is C18H21ClN4O2. The van der Waals surface area contributed by atoms with Crippen molar-refractivity contribution >= 4 is 23.4 Å². The number of aromatic nitrogens is 2. The standard InChI is InChI=1S/C18H21ClN4O2/c1-11-16(19)12(2)23(22-11)14-8-6-13(7-9-14)17(24)21-15-5-3-4-10-20-18(15)25/h6-9,15H,3-5,10H2,1-2H3,(H,20,25)(H,21,24)/t15-/m1/s1. The van der Waals surface area contributed by atoms with Crippen LogP contribution in [0.3, 0.4) is 0 Å². The second-order valence-electron chi connectivity index (χ2n) is 6.26. The van der Waals surface area contributed by atoms with Crippen molar-refractivity contribution in [2.75, 3.05) is 6.54 Å². The molecule has 1 aliphatic heterocycles. The highest BCUT2D eigenvalue weighted by atomic mass is 35.5. The van der Waals surface area contributed by atoms with Crippen LogP contribution in [0.4, 0.5) is 0 Å². The number of hydrogen-bond donors (Lipinski definition) is 2. The van der Waals surface area contributed by atoms with Crippen molar-refractivity contribution in [2.24, 2.45) is 0 Å². The smallest absolute Gasteiger partial charge is 0.251 e. The predicted molar refractivity (Wildman–Crippen MR) is 96.2 cm³/mol. The Morgan fingerprint density at radius 1 is 1.28 bits per heavy atom. The van der Waals surface area contributed by atoms with Gasteiger partial charge in [-0.1, -0.05) is 11.6 Å². The number of nitrogens with one attached hydrogen (secondary N) is 2. The predicted octanol–water partition coefficient (Wildman–Crippen LogP) is 2.54. The molecule has 1 aromatic heterocycles. The topological polar surface area (TPSA) is 76.0 Å². The van der Waals surface area contributed by atoms with Crippen LogP contribution in [0.1, 0.15) is 41.0 Å². The Morgan fingerprint density at radius 3 is 2.64 bits per heavy atom. The van der Waals surface area contributed by atoms with E-state index in [9.17, 15) is 9.59 Å². The van der Waals surface area contributed by atoms with Crippen molar-refractivity contribution in [3.63, 3.8) is 0 Å². The molecular weight excluding hydrogens is 340 g/mol. The van der Waals surface area contributed by atoms with E-state index >= 15 is 0 Å². The zero-order valence-corrected chi connectivity index (χ0v) is 15.1. The van der Waals surface area contributed by atoms with E-state index in [0.717, 1.165) is 29.9 Å². The molecule has 1 fully saturated rings. The summed E-state index contributed by atoms with van der Waals surface area (Å²) in [5.41, 5.74) is 2.96. The fourth-order valence-corrected chi connectivity index (χ4v) is 3.07. The lowest BCUT2D eigenvalue weighted by molar-refractivity contribution is -0.122. The molecule has 0 unspecified atom stereocenters. The highest BCUT2D eigenvalue weighted by Crippen LogP contribution is 2.22. The summed E-state index contributed by atoms with van der Waals surface area (Å²) in [5.74, 6) is -0.361. The van der Waals surface area contributed by atoms with Crippen LogP contribution in [-0.2, 0) is 4.79 Å². The molecule has 1 aliphatic rings. The maximum Gasteiger partial charge on any atom is 0.251 e. The third kappa shape index (κ3) is 3.69. The SMILES string of the molecule is Cc1nn(-c2ccc(C(=O)N[C@@H]3CCCCNC3=O)cc2)c(C)c1Cl. The Kier molecular flexibility index (Phi) is 5.08. The van der Waals surface area contributed by atoms with Crippen LogP contribution in [0.25, 0.3) is 5.69 Å². The molecule has 0 saturated carbocycles. The van der Waals surface area contributed by atoms with Gasteiger partial charge in [-0.25, -0.2) is 4.68 Å². The zero-order valence-electron chi connectivity index (χ0n) is 14.3. The summed E-state index contributed by atoms with van der Waals surface area (Å²) in [6, 6.07) is 6.62. The Balaban J connectivity index is 1.74. The number of amides is 2. The first-order chi connectivity index (χ1) is 12.0. The minimum atomic E-state index is -0.468. The average molecular weight is 361 g/mol. The molecule has 2 amide bonds. The minimum Gasteiger partial charge on any atom is -0.354 e. The molecule has 1 atom stereocenters. The summed E-state index contributed by atoms with van der Waals surface area (Å²) in [5, 5.41) is 10.7. The molecule has 1 saturated heterocycles. The molecule has 0 spiro atoms. The normalized spacial score (nSPS) is 17.7. The largest absolute Gasteiger partial charge is 0.354 e. The van der Waals surface area contributed by atoms with Crippen molar-refractivity contribution in [1.82, 2.24) is 20.4 Å². The van der Waals surface area contributed by atoms with Crippen molar-refractivity contribution in [1.29, 1.82) is 0 Å². The lowest BCUT2D eigenvalue weighted by atomic mass is 10.1. The second kappa shape index (κ2) is 7.27. The Labute approximate surface area is 151 Å². The summed E-state index contributed by atoms with van der Waals surface area (Å²) in [4.78, 5) is 24.4. The Hall–Kier alpha value is -2.34. The van der Waals surface area contributed by atoms with Gasteiger partial charge < -0.3 is 10.6 Å². The highest BCUT2D eigenvalue weighted by Gasteiger charge is 2.22. The van der Waals surface area contributed by atoms with Gasteiger partial charge in [0.05, 0.1) is 22.1 Å². The van der Waals surface area contributed by atoms with Crippen LogP contribution >= 0.6 is 11.6 Å². The van der Waals surface area contributed by atoms with Crippen LogP contribution in [0.15, 0.2) is 24.3 Å². The highest BCUT2D eigenvalue weighted by molar-refractivity contribution is 6.31. The Bertz CT molecular complexity index is 798. The number of carbonyl (C=O) groups excluding carboxylic acids is 2. The molecule has 2 aromatic rings. The maximum absolute atomic E-state index is 12.4. The molecule has 7 heteroatoms. The lowest BCUT2D eigenvalue weighted by Crippen LogP contribution is -2.45. The molecule has 2 heterocycles. The molecule has 25 heavy (non-hydrogen) atoms. The van der Waals surface area contributed by atoms with Crippen LogP contribution in [0, 0.1) is 13.8 Å². The summed E-state index contributed by atoms with van der Waals surface area (Å²) in [6.45, 7) is 4.42. The van der Waals surface area contributed by atoms with Gasteiger partial charge in [0.15, 0.2) is 0 Å². The van der Waals surface area contributed by atoms with E-state index in [1.54, 1.807) is 16.8 Å². The van der Waals surface area contributed by atoms with Gasteiger partial charge in [0.2, 0.25) is 5.91 Å². The van der Waals surface area contributed by atoms with E-state index in [1.165, 1.54) is 0 Å². The summed E-state index contributed by atoms with van der Waals surface area (Å²) in [6.07, 6.45) is 2.53. The number of hydrogen-bond acceptors (Lipinski definition) is 3. The van der Waals surface area contributed by atoms with Crippen LogP contribution in [0.5, 0.6) is 0 Å². The molecule has 2 N–H and O–H groups in total. The van der Waals surface area contributed by atoms with E-state index in [1.807, 2.05) is 26.0 Å². The quantitative estimate of drug-likeness (QED) is 0.883. The fraction of sp³-hybridized carbons (Fsp3) is 0.389. The molecule has 1 aromatic carbocycles. The first-order valence-electron chi connectivity index (χ1n) is 8.38. The molecule has 6 nitrogen and oxygen atoms in total. The van der Waals surface area contributed by atoms with E-state index in [0.29, 0.717) is 23.6 Å². The molecule has 0 aliphatic carbocycles. The zero-order chi connectivity index (χ0) is 18.0. The van der Waals surface area contributed by atoms with Gasteiger partial charge in [0.25, 0.3) is 5.91 Å². The van der Waals surface area contributed by atoms with Gasteiger partial charge in [-0.2, -0.15) is 5.10 Å². The molecule has 0 bridgehead atoms. The summed E-state index contributed by atoms with van der Waals surface area (Å²) in [7, 11) is 0. The second-order valence-corrected chi connectivity index (χ2v) is 6.63. The fourth-order valence-electron chi connectivity index (χ4n) is 2.95. The lowest BCUT2D eigenvalue weighted by Gasteiger charge is -2.15. The van der Waals surface area contributed by atoms with Crippen LogP contribution in [-0.4, -0.2) is 34.2 Å². The van der Waals surface area contributed by atoms with Gasteiger partial charge in [-0.05, 0) is 57.4 Å². The average Bonchev–Trinajstić information content (AvgIpc) is 2.77. The van der Waals surface area contributed by atoms with Crippen LogP contribution < -0.4 is 10.6 Å². The monoisotopic (exact) mass is 360 g/mol. The number of benzene rings is 1. The first-order valence-corrected chi connectivity index (χ1v) is 8.76. The van der Waals surface area contributed by atoms with E-state index in [2.05, 4.69) is 15.7 Å². The number of halogens is 1. The third-order valence-electron chi connectivity index (χ3n) is 4.42. The minimum absolute atomic E-state index is 0.111. The number of carbonyl (C=O) groups is 2. The third-order valence-corrected chi connectivity index (χ3v) is 4.96. The maximum atomic E-state index is 12.4. The van der Waals surface area contributed by atoms with Gasteiger partial charge in [-0.3, -0.25) is 9.59 Å². The summed E-state index contributed by atoms with van der Waals surface area (Å²) >= 11 is 6.18. The van der Waals surface area contributed by atoms with Gasteiger partial charge in [-0.15, -0.1) is 0 Å². The molecule has 0 radical (unpaired) electrons. The van der Waals surface area contributed by atoms with Crippen LogP contribution in [0.2, 0.25) is 5.02 Å². The summed E-state index contributed by atoms with van der Waals surface area (Å²) < 4.78 is 1.75. The van der Waals surface area contributed by atoms with Crippen molar-refractivity contribution in [2.45, 2.75) is 39.2 Å².